The van der Waals surface area contributed by atoms with E-state index in [4.69, 9.17) is 9.47 Å². The van der Waals surface area contributed by atoms with Crippen molar-refractivity contribution in [2.24, 2.45) is 0 Å². The van der Waals surface area contributed by atoms with Crippen molar-refractivity contribution in [3.05, 3.63) is 94.5 Å². The van der Waals surface area contributed by atoms with Gasteiger partial charge in [-0.05, 0) is 53.8 Å². The summed E-state index contributed by atoms with van der Waals surface area (Å²) in [7, 11) is 1.54. The third-order valence-corrected chi connectivity index (χ3v) is 6.90. The average molecular weight is 495 g/mol. The zero-order chi connectivity index (χ0) is 24.8. The quantitative estimate of drug-likeness (QED) is 0.404. The van der Waals surface area contributed by atoms with Gasteiger partial charge in [-0.1, -0.05) is 18.2 Å². The Morgan fingerprint density at radius 2 is 2.00 bits per heavy atom. The molecule has 0 aliphatic carbocycles. The number of carbonyl (C=O) groups excluding carboxylic acids is 2. The van der Waals surface area contributed by atoms with Crippen LogP contribution in [-0.4, -0.2) is 55.0 Å². The van der Waals surface area contributed by atoms with Crippen LogP contribution in [0.1, 0.15) is 26.8 Å². The Balaban J connectivity index is 1.53. The van der Waals surface area contributed by atoms with E-state index in [1.165, 1.54) is 29.0 Å². The fourth-order valence-corrected chi connectivity index (χ4v) is 5.10. The zero-order valence-electron chi connectivity index (χ0n) is 19.5. The maximum atomic E-state index is 13.6. The number of thiophene rings is 1. The molecule has 35 heavy (non-hydrogen) atoms. The van der Waals surface area contributed by atoms with Gasteiger partial charge < -0.3 is 19.3 Å². The van der Waals surface area contributed by atoms with Crippen LogP contribution in [-0.2, 0) is 11.2 Å². The second-order valence-corrected chi connectivity index (χ2v) is 9.13. The van der Waals surface area contributed by atoms with E-state index in [0.717, 1.165) is 12.0 Å². The Kier molecular flexibility index (Phi) is 7.82. The number of ether oxygens (including phenoxy) is 2. The molecule has 6 nitrogen and oxygen atoms in total. The van der Waals surface area contributed by atoms with E-state index < -0.39 is 0 Å². The summed E-state index contributed by atoms with van der Waals surface area (Å²) in [6.07, 6.45) is 2.34. The van der Waals surface area contributed by atoms with Crippen LogP contribution in [0.2, 0.25) is 0 Å². The van der Waals surface area contributed by atoms with E-state index in [1.54, 1.807) is 58.7 Å². The first-order valence-electron chi connectivity index (χ1n) is 11.3. The fraction of sp³-hybridized carbons (Fsp3) is 0.259. The molecule has 0 saturated carbocycles. The number of carbonyl (C=O) groups is 2. The molecular formula is C27H27FN2O4S. The van der Waals surface area contributed by atoms with Gasteiger partial charge in [0.15, 0.2) is 0 Å². The number of methoxy groups -OCH3 is 1. The third-order valence-electron chi connectivity index (χ3n) is 5.90. The summed E-state index contributed by atoms with van der Waals surface area (Å²) in [4.78, 5) is 31.1. The van der Waals surface area contributed by atoms with Gasteiger partial charge in [0.2, 0.25) is 5.91 Å². The number of fused-ring (bicyclic) bond motifs is 1. The lowest BCUT2D eigenvalue weighted by Gasteiger charge is -2.37. The maximum absolute atomic E-state index is 13.6. The molecule has 1 aliphatic heterocycles. The van der Waals surface area contributed by atoms with E-state index in [0.29, 0.717) is 23.6 Å². The first-order valence-corrected chi connectivity index (χ1v) is 12.2. The molecule has 2 amide bonds. The van der Waals surface area contributed by atoms with Crippen molar-refractivity contribution in [1.82, 2.24) is 9.80 Å². The Labute approximate surface area is 208 Å². The third kappa shape index (κ3) is 5.71. The number of hydrogen-bond donors (Lipinski definition) is 0. The molecule has 3 aromatic rings. The van der Waals surface area contributed by atoms with Crippen molar-refractivity contribution < 1.29 is 23.5 Å². The highest BCUT2D eigenvalue weighted by molar-refractivity contribution is 7.10. The monoisotopic (exact) mass is 494 g/mol. The lowest BCUT2D eigenvalue weighted by molar-refractivity contribution is -0.135. The van der Waals surface area contributed by atoms with Crippen molar-refractivity contribution in [2.75, 3.05) is 33.4 Å². The van der Waals surface area contributed by atoms with E-state index in [2.05, 4.69) is 6.58 Å². The van der Waals surface area contributed by atoms with Crippen LogP contribution in [0.5, 0.6) is 11.5 Å². The first-order chi connectivity index (χ1) is 17.0. The highest BCUT2D eigenvalue weighted by Crippen LogP contribution is 2.34. The van der Waals surface area contributed by atoms with Crippen LogP contribution in [0.4, 0.5) is 4.39 Å². The van der Waals surface area contributed by atoms with Crippen molar-refractivity contribution in [2.45, 2.75) is 12.5 Å². The molecule has 2 aromatic carbocycles. The summed E-state index contributed by atoms with van der Waals surface area (Å²) in [5.74, 6) is 0.120. The van der Waals surface area contributed by atoms with Crippen molar-refractivity contribution in [3.8, 4) is 11.5 Å². The molecule has 4 rings (SSSR count). The van der Waals surface area contributed by atoms with E-state index in [9.17, 15) is 14.0 Å². The topological polar surface area (TPSA) is 59.1 Å². The van der Waals surface area contributed by atoms with E-state index >= 15 is 0 Å². The van der Waals surface area contributed by atoms with Crippen LogP contribution in [0, 0.1) is 5.82 Å². The molecule has 0 saturated heterocycles. The number of amides is 2. The standard InChI is InChI=1S/C27H27FN2O4S/c1-3-12-29(27(32)19-6-4-8-21(15-19)33-2)17-26(31)30-13-10-25-23(11-14-35-25)24(30)18-34-22-9-5-7-20(28)16-22/h3-9,11,14-16,24H,1,10,12-13,17-18H2,2H3/t24-/m1/s1. The highest BCUT2D eigenvalue weighted by atomic mass is 32.1. The molecule has 8 heteroatoms. The Bertz CT molecular complexity index is 1210. The summed E-state index contributed by atoms with van der Waals surface area (Å²) >= 11 is 1.65. The second-order valence-electron chi connectivity index (χ2n) is 8.13. The van der Waals surface area contributed by atoms with Crippen molar-refractivity contribution >= 4 is 23.2 Å². The smallest absolute Gasteiger partial charge is 0.254 e. The van der Waals surface area contributed by atoms with Crippen molar-refractivity contribution in [1.29, 1.82) is 0 Å². The largest absolute Gasteiger partial charge is 0.497 e. The highest BCUT2D eigenvalue weighted by Gasteiger charge is 2.33. The zero-order valence-corrected chi connectivity index (χ0v) is 20.3. The van der Waals surface area contributed by atoms with Gasteiger partial charge in [-0.25, -0.2) is 4.39 Å². The number of nitrogens with zero attached hydrogens (tertiary/aromatic N) is 2. The predicted octanol–water partition coefficient (Wildman–Crippen LogP) is 4.73. The molecule has 1 aliphatic rings. The van der Waals surface area contributed by atoms with Gasteiger partial charge in [-0.3, -0.25) is 9.59 Å². The molecule has 0 radical (unpaired) electrons. The van der Waals surface area contributed by atoms with Gasteiger partial charge >= 0.3 is 0 Å². The van der Waals surface area contributed by atoms with Gasteiger partial charge in [0.25, 0.3) is 5.91 Å². The Morgan fingerprint density at radius 3 is 2.77 bits per heavy atom. The van der Waals surface area contributed by atoms with Gasteiger partial charge in [-0.15, -0.1) is 17.9 Å². The summed E-state index contributed by atoms with van der Waals surface area (Å²) in [6, 6.07) is 14.5. The van der Waals surface area contributed by atoms with Gasteiger partial charge in [0, 0.05) is 29.6 Å². The molecule has 0 spiro atoms. The Morgan fingerprint density at radius 1 is 1.20 bits per heavy atom. The molecular weight excluding hydrogens is 467 g/mol. The minimum Gasteiger partial charge on any atom is -0.497 e. The molecule has 182 valence electrons. The lowest BCUT2D eigenvalue weighted by Crippen LogP contribution is -2.47. The van der Waals surface area contributed by atoms with Crippen LogP contribution >= 0.6 is 11.3 Å². The molecule has 0 N–H and O–H groups in total. The van der Waals surface area contributed by atoms with Gasteiger partial charge in [0.05, 0.1) is 13.2 Å². The number of hydrogen-bond acceptors (Lipinski definition) is 5. The maximum Gasteiger partial charge on any atom is 0.254 e. The summed E-state index contributed by atoms with van der Waals surface area (Å²) in [6.45, 7) is 4.57. The minimum absolute atomic E-state index is 0.0992. The molecule has 0 bridgehead atoms. The van der Waals surface area contributed by atoms with Gasteiger partial charge in [-0.2, -0.15) is 0 Å². The van der Waals surface area contributed by atoms with Crippen LogP contribution in [0.3, 0.4) is 0 Å². The molecule has 1 aromatic heterocycles. The van der Waals surface area contributed by atoms with Gasteiger partial charge in [0.1, 0.15) is 30.5 Å². The summed E-state index contributed by atoms with van der Waals surface area (Å²) in [5, 5.41) is 2.00. The van der Waals surface area contributed by atoms with Crippen molar-refractivity contribution in [3.63, 3.8) is 0 Å². The average Bonchev–Trinajstić information content (AvgIpc) is 3.36. The fourth-order valence-electron chi connectivity index (χ4n) is 4.17. The van der Waals surface area contributed by atoms with Crippen LogP contribution in [0.25, 0.3) is 0 Å². The SMILES string of the molecule is C=CCN(CC(=O)N1CCc2sccc2[C@H]1COc1cccc(F)c1)C(=O)c1cccc(OC)c1. The number of benzene rings is 2. The van der Waals surface area contributed by atoms with E-state index in [-0.39, 0.29) is 43.4 Å². The normalized spacial score (nSPS) is 14.7. The lowest BCUT2D eigenvalue weighted by atomic mass is 10.0. The molecule has 1 atom stereocenters. The van der Waals surface area contributed by atoms with Crippen LogP contribution < -0.4 is 9.47 Å². The van der Waals surface area contributed by atoms with Crippen LogP contribution in [0.15, 0.2) is 72.6 Å². The number of halogens is 1. The second kappa shape index (κ2) is 11.2. The first kappa shape index (κ1) is 24.5. The molecule has 0 fully saturated rings. The molecule has 2 heterocycles. The summed E-state index contributed by atoms with van der Waals surface area (Å²) < 4.78 is 24.7. The summed E-state index contributed by atoms with van der Waals surface area (Å²) in [5.41, 5.74) is 1.46. The van der Waals surface area contributed by atoms with E-state index in [1.807, 2.05) is 11.4 Å². The molecule has 0 unspecified atom stereocenters. The minimum atomic E-state index is -0.383. The predicted molar refractivity (Wildman–Crippen MR) is 133 cm³/mol. The number of rotatable bonds is 9. The Hall–Kier alpha value is -3.65.